The normalized spacial score (nSPS) is 14.1. The Bertz CT molecular complexity index is 1040. The van der Waals surface area contributed by atoms with Crippen molar-refractivity contribution in [2.75, 3.05) is 0 Å². The van der Waals surface area contributed by atoms with Crippen LogP contribution < -0.4 is 9.47 Å². The number of allylic oxidation sites excluding steroid dienone is 1. The Morgan fingerprint density at radius 1 is 0.963 bits per heavy atom. The highest BCUT2D eigenvalue weighted by molar-refractivity contribution is 6.14. The van der Waals surface area contributed by atoms with E-state index in [0.29, 0.717) is 17.1 Å². The fraction of sp³-hybridized carbons (Fsp3) is 0.0455. The summed E-state index contributed by atoms with van der Waals surface area (Å²) in [5, 5.41) is 0. The lowest BCUT2D eigenvalue weighted by molar-refractivity contribution is 0.101. The zero-order valence-electron chi connectivity index (χ0n) is 14.1. The number of benzene rings is 3. The number of Topliss-reactive ketones (excluding diaryl/α,β-unsaturated/α-hetero) is 1. The maximum atomic E-state index is 13.8. The van der Waals surface area contributed by atoms with E-state index in [1.807, 2.05) is 0 Å². The lowest BCUT2D eigenvalue weighted by Gasteiger charge is -2.07. The summed E-state index contributed by atoms with van der Waals surface area (Å²) < 4.78 is 38.0. The monoisotopic (exact) mass is 364 g/mol. The Kier molecular flexibility index (Phi) is 4.42. The largest absolute Gasteiger partial charge is 0.489 e. The van der Waals surface area contributed by atoms with Crippen LogP contribution in [-0.2, 0) is 6.61 Å². The van der Waals surface area contributed by atoms with Crippen LogP contribution in [0.15, 0.2) is 72.5 Å². The summed E-state index contributed by atoms with van der Waals surface area (Å²) in [6, 6.07) is 17.0. The number of hydrogen-bond acceptors (Lipinski definition) is 3. The van der Waals surface area contributed by atoms with Crippen molar-refractivity contribution in [3.05, 3.63) is 101 Å². The Balaban J connectivity index is 1.52. The lowest BCUT2D eigenvalue weighted by Crippen LogP contribution is -1.98. The molecule has 3 nitrogen and oxygen atoms in total. The highest BCUT2D eigenvalue weighted by atomic mass is 19.1. The third-order valence-electron chi connectivity index (χ3n) is 4.15. The Morgan fingerprint density at radius 3 is 2.52 bits per heavy atom. The maximum Gasteiger partial charge on any atom is 0.231 e. The molecule has 4 rings (SSSR count). The second-order valence-electron chi connectivity index (χ2n) is 6.03. The minimum atomic E-state index is -0.430. The van der Waals surface area contributed by atoms with Crippen LogP contribution in [0.3, 0.4) is 0 Å². The molecule has 0 atom stereocenters. The summed E-state index contributed by atoms with van der Waals surface area (Å²) in [5.74, 6) is -0.112. The van der Waals surface area contributed by atoms with Crippen LogP contribution in [0.2, 0.25) is 0 Å². The molecule has 0 fully saturated rings. The zero-order valence-corrected chi connectivity index (χ0v) is 14.1. The molecule has 0 saturated heterocycles. The van der Waals surface area contributed by atoms with Crippen LogP contribution in [-0.4, -0.2) is 5.78 Å². The van der Waals surface area contributed by atoms with E-state index in [-0.39, 0.29) is 29.5 Å². The summed E-state index contributed by atoms with van der Waals surface area (Å²) in [6.45, 7) is 0.255. The first kappa shape index (κ1) is 17.0. The van der Waals surface area contributed by atoms with Crippen LogP contribution in [0, 0.1) is 11.6 Å². The first-order valence-electron chi connectivity index (χ1n) is 8.30. The van der Waals surface area contributed by atoms with Gasteiger partial charge in [0.15, 0.2) is 5.76 Å². The molecule has 0 N–H and O–H groups in total. The number of halogens is 2. The van der Waals surface area contributed by atoms with Gasteiger partial charge in [-0.3, -0.25) is 4.79 Å². The molecule has 3 aromatic carbocycles. The van der Waals surface area contributed by atoms with Crippen molar-refractivity contribution in [2.24, 2.45) is 0 Å². The minimum absolute atomic E-state index is 0.0609. The molecule has 5 heteroatoms. The summed E-state index contributed by atoms with van der Waals surface area (Å²) in [7, 11) is 0. The lowest BCUT2D eigenvalue weighted by atomic mass is 10.1. The molecule has 0 aliphatic carbocycles. The number of fused-ring (bicyclic) bond motifs is 1. The number of ketones is 1. The second kappa shape index (κ2) is 7.03. The van der Waals surface area contributed by atoms with Crippen LogP contribution in [0.25, 0.3) is 6.08 Å². The molecule has 0 unspecified atom stereocenters. The molecule has 0 saturated carbocycles. The SMILES string of the molecule is O=C1/C(=C/c2ccccc2F)Oc2cc(OCc3ccc(F)cc3)ccc21. The molecule has 0 radical (unpaired) electrons. The maximum absolute atomic E-state index is 13.8. The molecule has 0 amide bonds. The quantitative estimate of drug-likeness (QED) is 0.600. The Labute approximate surface area is 154 Å². The van der Waals surface area contributed by atoms with Crippen LogP contribution in [0.1, 0.15) is 21.5 Å². The highest BCUT2D eigenvalue weighted by Gasteiger charge is 2.28. The molecule has 0 spiro atoms. The van der Waals surface area contributed by atoms with E-state index in [1.165, 1.54) is 24.3 Å². The molecular weight excluding hydrogens is 350 g/mol. The van der Waals surface area contributed by atoms with Gasteiger partial charge in [0, 0.05) is 11.6 Å². The second-order valence-corrected chi connectivity index (χ2v) is 6.03. The van der Waals surface area contributed by atoms with Gasteiger partial charge < -0.3 is 9.47 Å². The van der Waals surface area contributed by atoms with Crippen molar-refractivity contribution in [1.29, 1.82) is 0 Å². The van der Waals surface area contributed by atoms with E-state index in [9.17, 15) is 13.6 Å². The van der Waals surface area contributed by atoms with Gasteiger partial charge in [0.1, 0.15) is 29.7 Å². The number of ether oxygens (including phenoxy) is 2. The average molecular weight is 364 g/mol. The van der Waals surface area contributed by atoms with Gasteiger partial charge in [-0.2, -0.15) is 0 Å². The van der Waals surface area contributed by atoms with E-state index in [1.54, 1.807) is 48.5 Å². The van der Waals surface area contributed by atoms with Crippen molar-refractivity contribution in [1.82, 2.24) is 0 Å². The highest BCUT2D eigenvalue weighted by Crippen LogP contribution is 2.35. The molecule has 134 valence electrons. The number of carbonyl (C=O) groups excluding carboxylic acids is 1. The third-order valence-corrected chi connectivity index (χ3v) is 4.15. The summed E-state index contributed by atoms with van der Waals surface area (Å²) in [4.78, 5) is 12.4. The number of carbonyl (C=O) groups is 1. The van der Waals surface area contributed by atoms with Crippen molar-refractivity contribution < 1.29 is 23.0 Å². The zero-order chi connectivity index (χ0) is 18.8. The van der Waals surface area contributed by atoms with Gasteiger partial charge in [0.2, 0.25) is 5.78 Å². The Morgan fingerprint density at radius 2 is 1.74 bits per heavy atom. The Hall–Kier alpha value is -3.47. The van der Waals surface area contributed by atoms with E-state index < -0.39 is 5.82 Å². The van der Waals surface area contributed by atoms with Crippen LogP contribution in [0.5, 0.6) is 11.5 Å². The van der Waals surface area contributed by atoms with E-state index in [4.69, 9.17) is 9.47 Å². The van der Waals surface area contributed by atoms with Crippen LogP contribution >= 0.6 is 0 Å². The first-order chi connectivity index (χ1) is 13.1. The van der Waals surface area contributed by atoms with Crippen LogP contribution in [0.4, 0.5) is 8.78 Å². The molecule has 0 aromatic heterocycles. The van der Waals surface area contributed by atoms with Gasteiger partial charge in [0.25, 0.3) is 0 Å². The first-order valence-corrected chi connectivity index (χ1v) is 8.30. The van der Waals surface area contributed by atoms with Gasteiger partial charge in [0.05, 0.1) is 5.56 Å². The van der Waals surface area contributed by atoms with E-state index in [2.05, 4.69) is 0 Å². The fourth-order valence-corrected chi connectivity index (χ4v) is 2.74. The topological polar surface area (TPSA) is 35.5 Å². The summed E-state index contributed by atoms with van der Waals surface area (Å²) >= 11 is 0. The molecule has 1 heterocycles. The minimum Gasteiger partial charge on any atom is -0.489 e. The van der Waals surface area contributed by atoms with Crippen molar-refractivity contribution in [3.63, 3.8) is 0 Å². The van der Waals surface area contributed by atoms with Gasteiger partial charge >= 0.3 is 0 Å². The van der Waals surface area contributed by atoms with Gasteiger partial charge in [-0.15, -0.1) is 0 Å². The molecular formula is C22H14F2O3. The predicted molar refractivity (Wildman–Crippen MR) is 96.5 cm³/mol. The smallest absolute Gasteiger partial charge is 0.231 e. The third kappa shape index (κ3) is 3.58. The van der Waals surface area contributed by atoms with Gasteiger partial charge in [-0.1, -0.05) is 30.3 Å². The van der Waals surface area contributed by atoms with E-state index >= 15 is 0 Å². The van der Waals surface area contributed by atoms with Crippen molar-refractivity contribution in [3.8, 4) is 11.5 Å². The molecule has 3 aromatic rings. The molecule has 1 aliphatic rings. The number of hydrogen-bond donors (Lipinski definition) is 0. The average Bonchev–Trinajstić information content (AvgIpc) is 2.98. The van der Waals surface area contributed by atoms with Crippen molar-refractivity contribution in [2.45, 2.75) is 6.61 Å². The van der Waals surface area contributed by atoms with Gasteiger partial charge in [-0.05, 0) is 42.0 Å². The molecule has 27 heavy (non-hydrogen) atoms. The summed E-state index contributed by atoms with van der Waals surface area (Å²) in [6.07, 6.45) is 1.39. The number of rotatable bonds is 4. The molecule has 1 aliphatic heterocycles. The standard InChI is InChI=1S/C22H14F2O3/c23-16-7-5-14(6-8-16)13-26-17-9-10-18-20(12-17)27-21(22(18)25)11-15-3-1-2-4-19(15)24/h1-12H,13H2/b21-11-. The van der Waals surface area contributed by atoms with Crippen molar-refractivity contribution >= 4 is 11.9 Å². The summed E-state index contributed by atoms with van der Waals surface area (Å²) in [5.41, 5.74) is 1.49. The van der Waals surface area contributed by atoms with Gasteiger partial charge in [-0.25, -0.2) is 8.78 Å². The van der Waals surface area contributed by atoms with E-state index in [0.717, 1.165) is 5.56 Å². The predicted octanol–water partition coefficient (Wildman–Crippen LogP) is 5.16. The fourth-order valence-electron chi connectivity index (χ4n) is 2.74. The molecule has 0 bridgehead atoms.